The van der Waals surface area contributed by atoms with Crippen LogP contribution in [0.3, 0.4) is 0 Å². The van der Waals surface area contributed by atoms with Crippen LogP contribution in [0, 0.1) is 0 Å². The van der Waals surface area contributed by atoms with Crippen molar-refractivity contribution in [1.82, 2.24) is 4.57 Å². The lowest BCUT2D eigenvalue weighted by Crippen LogP contribution is -2.34. The summed E-state index contributed by atoms with van der Waals surface area (Å²) in [5.74, 6) is 1.83. The molecule has 11 aromatic rings. The summed E-state index contributed by atoms with van der Waals surface area (Å²) in [7, 11) is 0. The summed E-state index contributed by atoms with van der Waals surface area (Å²) in [5.41, 5.74) is 12.3. The van der Waals surface area contributed by atoms with Gasteiger partial charge in [0.2, 0.25) is 0 Å². The van der Waals surface area contributed by atoms with E-state index in [4.69, 9.17) is 13.8 Å². The van der Waals surface area contributed by atoms with Gasteiger partial charge in [-0.2, -0.15) is 4.58 Å². The molecule has 3 aromatic heterocycles. The van der Waals surface area contributed by atoms with Crippen molar-refractivity contribution in [1.29, 1.82) is 0 Å². The SMILES string of the molecule is c1ccc(C2=NC(c3ccc4c(c3)oc3ccc(-c5ccc6c(c5)oc5ccc(-n7c8ccccc8c8ccccc87)cc56)cc34)=[N+]2c2ccccc2)cc1. The number of aromatic nitrogens is 1. The standard InChI is InChI=1S/C50H30N3O2/c1-3-11-31(12-4-1)49-51-50(53(49)35-13-5-2-6-14-35)34-20-24-39-41-27-32(21-25-45(41)54-48(39)29-34)33-19-23-40-42-30-36(22-26-46(42)55-47(40)28-33)52-43-17-9-7-15-37(43)38-16-8-10-18-44(38)52/h1-30H/q+1. The lowest BCUT2D eigenvalue weighted by molar-refractivity contribution is -0.319. The molecule has 0 amide bonds. The summed E-state index contributed by atoms with van der Waals surface area (Å²) in [6.45, 7) is 0. The first-order valence-corrected chi connectivity index (χ1v) is 18.5. The molecular weight excluding hydrogens is 675 g/mol. The molecule has 1 aliphatic rings. The summed E-state index contributed by atoms with van der Waals surface area (Å²) >= 11 is 0. The molecule has 1 aliphatic heterocycles. The molecule has 0 fully saturated rings. The maximum atomic E-state index is 6.49. The van der Waals surface area contributed by atoms with Crippen molar-refractivity contribution in [2.75, 3.05) is 0 Å². The highest BCUT2D eigenvalue weighted by Gasteiger charge is 2.33. The van der Waals surface area contributed by atoms with E-state index in [1.54, 1.807) is 0 Å². The van der Waals surface area contributed by atoms with Crippen molar-refractivity contribution in [2.24, 2.45) is 4.99 Å². The molecular formula is C50H30N3O2+. The average molecular weight is 705 g/mol. The van der Waals surface area contributed by atoms with Crippen LogP contribution in [0.5, 0.6) is 0 Å². The molecule has 0 spiro atoms. The van der Waals surface area contributed by atoms with E-state index in [0.717, 1.165) is 89.2 Å². The molecule has 0 atom stereocenters. The van der Waals surface area contributed by atoms with Crippen molar-refractivity contribution in [3.8, 4) is 16.8 Å². The molecule has 4 heterocycles. The number of furan rings is 2. The van der Waals surface area contributed by atoms with Gasteiger partial charge in [0.05, 0.1) is 22.2 Å². The third-order valence-electron chi connectivity index (χ3n) is 11.0. The fraction of sp³-hybridized carbons (Fsp3) is 0. The highest BCUT2D eigenvalue weighted by Crippen LogP contribution is 2.38. The van der Waals surface area contributed by atoms with Gasteiger partial charge in [-0.1, -0.05) is 89.9 Å². The minimum Gasteiger partial charge on any atom is -0.456 e. The van der Waals surface area contributed by atoms with Crippen molar-refractivity contribution >= 4 is 83.0 Å². The summed E-state index contributed by atoms with van der Waals surface area (Å²) < 4.78 is 17.5. The third kappa shape index (κ3) is 4.53. The molecule has 5 heteroatoms. The highest BCUT2D eigenvalue weighted by atomic mass is 16.3. The summed E-state index contributed by atoms with van der Waals surface area (Å²) in [6, 6.07) is 63.8. The lowest BCUT2D eigenvalue weighted by atomic mass is 10.0. The molecule has 8 aromatic carbocycles. The molecule has 5 nitrogen and oxygen atoms in total. The first-order valence-electron chi connectivity index (χ1n) is 18.5. The maximum absolute atomic E-state index is 6.49. The normalized spacial score (nSPS) is 13.1. The van der Waals surface area contributed by atoms with Crippen LogP contribution >= 0.6 is 0 Å². The Kier molecular flexibility index (Phi) is 6.27. The first kappa shape index (κ1) is 30.0. The van der Waals surface area contributed by atoms with Crippen molar-refractivity contribution < 1.29 is 13.4 Å². The lowest BCUT2D eigenvalue weighted by Gasteiger charge is -2.19. The fourth-order valence-electron chi connectivity index (χ4n) is 8.43. The topological polar surface area (TPSA) is 46.6 Å². The molecule has 12 rings (SSSR count). The van der Waals surface area contributed by atoms with E-state index in [1.165, 1.54) is 21.8 Å². The Balaban J connectivity index is 0.920. The smallest absolute Gasteiger partial charge is 0.279 e. The number of rotatable bonds is 5. The van der Waals surface area contributed by atoms with Crippen molar-refractivity contribution in [3.05, 3.63) is 193 Å². The zero-order chi connectivity index (χ0) is 36.0. The van der Waals surface area contributed by atoms with Crippen LogP contribution in [0.25, 0.3) is 82.5 Å². The van der Waals surface area contributed by atoms with Gasteiger partial charge in [-0.3, -0.25) is 0 Å². The Morgan fingerprint density at radius 3 is 1.64 bits per heavy atom. The van der Waals surface area contributed by atoms with Gasteiger partial charge in [-0.15, -0.1) is 0 Å². The van der Waals surface area contributed by atoms with Crippen LogP contribution in [0.15, 0.2) is 196 Å². The van der Waals surface area contributed by atoms with E-state index in [1.807, 2.05) is 24.3 Å². The number of fused-ring (bicyclic) bond motifs is 9. The highest BCUT2D eigenvalue weighted by molar-refractivity contribution is 6.18. The monoisotopic (exact) mass is 704 g/mol. The predicted octanol–water partition coefficient (Wildman–Crippen LogP) is 12.8. The number of nitrogens with zero attached hydrogens (tertiary/aromatic N) is 3. The number of hydrogen-bond acceptors (Lipinski definition) is 3. The number of para-hydroxylation sites is 3. The Bertz CT molecular complexity index is 3370. The molecule has 0 unspecified atom stereocenters. The molecule has 55 heavy (non-hydrogen) atoms. The van der Waals surface area contributed by atoms with Gasteiger partial charge in [0.15, 0.2) is 0 Å². The van der Waals surface area contributed by atoms with Gasteiger partial charge >= 0.3 is 0 Å². The zero-order valence-electron chi connectivity index (χ0n) is 29.5. The van der Waals surface area contributed by atoms with Gasteiger partial charge in [0.1, 0.15) is 28.0 Å². The second kappa shape index (κ2) is 11.5. The van der Waals surface area contributed by atoms with Crippen molar-refractivity contribution in [3.63, 3.8) is 0 Å². The molecule has 0 saturated heterocycles. The van der Waals surface area contributed by atoms with Crippen LogP contribution in [-0.4, -0.2) is 20.8 Å². The van der Waals surface area contributed by atoms with Crippen LogP contribution < -0.4 is 0 Å². The van der Waals surface area contributed by atoms with E-state index in [9.17, 15) is 0 Å². The van der Waals surface area contributed by atoms with Gasteiger partial charge < -0.3 is 13.4 Å². The van der Waals surface area contributed by atoms with E-state index in [0.29, 0.717) is 0 Å². The number of amidine groups is 2. The Hall–Kier alpha value is -7.50. The fourth-order valence-corrected chi connectivity index (χ4v) is 8.43. The quantitative estimate of drug-likeness (QED) is 0.167. The Morgan fingerprint density at radius 2 is 0.927 bits per heavy atom. The van der Waals surface area contributed by atoms with Crippen LogP contribution in [0.1, 0.15) is 11.1 Å². The second-order valence-electron chi connectivity index (χ2n) is 14.2. The molecule has 0 aliphatic carbocycles. The minimum atomic E-state index is 0.834. The number of hydrogen-bond donors (Lipinski definition) is 0. The molecule has 0 N–H and O–H groups in total. The summed E-state index contributed by atoms with van der Waals surface area (Å²) in [4.78, 5) is 5.02. The van der Waals surface area contributed by atoms with Gasteiger partial charge in [0.25, 0.3) is 11.7 Å². The van der Waals surface area contributed by atoms with E-state index in [-0.39, 0.29) is 0 Å². The summed E-state index contributed by atoms with van der Waals surface area (Å²) in [6.07, 6.45) is 0. The van der Waals surface area contributed by atoms with Crippen molar-refractivity contribution in [2.45, 2.75) is 0 Å². The Morgan fingerprint density at radius 1 is 0.382 bits per heavy atom. The van der Waals surface area contributed by atoms with Gasteiger partial charge in [0, 0.05) is 38.0 Å². The zero-order valence-corrected chi connectivity index (χ0v) is 29.5. The van der Waals surface area contributed by atoms with E-state index >= 15 is 0 Å². The first-order chi connectivity index (χ1) is 27.2. The average Bonchev–Trinajstić information content (AvgIpc) is 3.89. The van der Waals surface area contributed by atoms with Crippen LogP contribution in [0.2, 0.25) is 0 Å². The third-order valence-corrected chi connectivity index (χ3v) is 11.0. The van der Waals surface area contributed by atoms with Gasteiger partial charge in [-0.05, 0) is 108 Å². The Labute approximate surface area is 314 Å². The predicted molar refractivity (Wildman–Crippen MR) is 224 cm³/mol. The largest absolute Gasteiger partial charge is 0.456 e. The second-order valence-corrected chi connectivity index (χ2v) is 14.2. The molecule has 256 valence electrons. The summed E-state index contributed by atoms with van der Waals surface area (Å²) in [5, 5.41) is 6.85. The molecule has 0 saturated carbocycles. The van der Waals surface area contributed by atoms with E-state index in [2.05, 4.69) is 167 Å². The molecule has 0 radical (unpaired) electrons. The van der Waals surface area contributed by atoms with Crippen LogP contribution in [0.4, 0.5) is 5.69 Å². The van der Waals surface area contributed by atoms with E-state index < -0.39 is 0 Å². The minimum absolute atomic E-state index is 0.834. The maximum Gasteiger partial charge on any atom is 0.279 e. The number of aliphatic imine (C=N–C) groups is 1. The number of benzene rings is 8. The van der Waals surface area contributed by atoms with Gasteiger partial charge in [-0.25, -0.2) is 0 Å². The van der Waals surface area contributed by atoms with Crippen LogP contribution in [-0.2, 0) is 0 Å². The molecule has 0 bridgehead atoms.